The molecule has 0 bridgehead atoms. The van der Waals surface area contributed by atoms with Crippen molar-refractivity contribution in [1.82, 2.24) is 10.2 Å². The van der Waals surface area contributed by atoms with Crippen molar-refractivity contribution >= 4 is 17.5 Å². The van der Waals surface area contributed by atoms with Gasteiger partial charge in [0.2, 0.25) is 5.91 Å². The number of halogens is 1. The van der Waals surface area contributed by atoms with Crippen molar-refractivity contribution in [3.8, 4) is 11.5 Å². The van der Waals surface area contributed by atoms with E-state index in [1.165, 1.54) is 0 Å². The number of benzene rings is 2. The minimum atomic E-state index is -0.891. The zero-order valence-corrected chi connectivity index (χ0v) is 19.0. The van der Waals surface area contributed by atoms with Gasteiger partial charge in [0.1, 0.15) is 30.3 Å². The number of nitrogens with one attached hydrogen (secondary N) is 1. The maximum atomic E-state index is 12.2. The molecular weight excluding hydrogens is 416 g/mol. The molecular formula is C24H31ClN2O4. The highest BCUT2D eigenvalue weighted by atomic mass is 35.5. The summed E-state index contributed by atoms with van der Waals surface area (Å²) >= 11 is 6.20. The number of carbonyl (C=O) groups is 1. The molecule has 0 radical (unpaired) electrons. The van der Waals surface area contributed by atoms with Gasteiger partial charge in [0.05, 0.1) is 13.1 Å². The summed E-state index contributed by atoms with van der Waals surface area (Å²) in [6.07, 6.45) is 1.12. The predicted octanol–water partition coefficient (Wildman–Crippen LogP) is 3.36. The molecule has 2 aromatic rings. The van der Waals surface area contributed by atoms with Crippen LogP contribution in [0.5, 0.6) is 11.5 Å². The van der Waals surface area contributed by atoms with Crippen molar-refractivity contribution in [2.75, 3.05) is 39.4 Å². The summed E-state index contributed by atoms with van der Waals surface area (Å²) in [7, 11) is 0. The number of nitrogens with zero attached hydrogens (tertiary/aromatic N) is 1. The average molecular weight is 447 g/mol. The number of carbonyl (C=O) groups excluding carboxylic acids is 1. The summed E-state index contributed by atoms with van der Waals surface area (Å²) in [4.78, 5) is 14.2. The Morgan fingerprint density at radius 3 is 2.39 bits per heavy atom. The van der Waals surface area contributed by atoms with E-state index in [0.29, 0.717) is 51.4 Å². The first-order valence-electron chi connectivity index (χ1n) is 10.6. The number of amides is 1. The van der Waals surface area contributed by atoms with Crippen LogP contribution in [0.4, 0.5) is 0 Å². The lowest BCUT2D eigenvalue weighted by Crippen LogP contribution is -2.50. The standard InChI is InChI=1S/C24H31ClN2O4/c1-18-14-21(15-19(2)23(18)25)31-17-24(29)8-11-27(12-9-24)16-22(28)26-10-13-30-20-6-4-3-5-7-20/h3-7,14-15,29H,8-13,16-17H2,1-2H3,(H,26,28). The number of para-hydroxylation sites is 1. The highest BCUT2D eigenvalue weighted by Crippen LogP contribution is 2.28. The second kappa shape index (κ2) is 10.8. The summed E-state index contributed by atoms with van der Waals surface area (Å²) < 4.78 is 11.4. The Morgan fingerprint density at radius 2 is 1.74 bits per heavy atom. The molecule has 0 aliphatic carbocycles. The lowest BCUT2D eigenvalue weighted by molar-refractivity contribution is -0.124. The van der Waals surface area contributed by atoms with E-state index < -0.39 is 5.60 Å². The van der Waals surface area contributed by atoms with Crippen molar-refractivity contribution in [1.29, 1.82) is 0 Å². The number of rotatable bonds is 9. The van der Waals surface area contributed by atoms with Crippen LogP contribution in [0.2, 0.25) is 5.02 Å². The van der Waals surface area contributed by atoms with E-state index in [2.05, 4.69) is 10.2 Å². The number of hydrogen-bond donors (Lipinski definition) is 2. The highest BCUT2D eigenvalue weighted by Gasteiger charge is 2.33. The number of piperidine rings is 1. The summed E-state index contributed by atoms with van der Waals surface area (Å²) in [5.41, 5.74) is 1.02. The van der Waals surface area contributed by atoms with E-state index in [1.54, 1.807) is 0 Å². The minimum absolute atomic E-state index is 0.0366. The van der Waals surface area contributed by atoms with E-state index in [0.717, 1.165) is 21.9 Å². The van der Waals surface area contributed by atoms with Crippen molar-refractivity contribution < 1.29 is 19.4 Å². The quantitative estimate of drug-likeness (QED) is 0.578. The van der Waals surface area contributed by atoms with Crippen molar-refractivity contribution in [3.05, 3.63) is 58.6 Å². The van der Waals surface area contributed by atoms with Crippen LogP contribution >= 0.6 is 11.6 Å². The SMILES string of the molecule is Cc1cc(OCC2(O)CCN(CC(=O)NCCOc3ccccc3)CC2)cc(C)c1Cl. The van der Waals surface area contributed by atoms with E-state index >= 15 is 0 Å². The second-order valence-electron chi connectivity index (χ2n) is 8.17. The Kier molecular flexibility index (Phi) is 8.18. The van der Waals surface area contributed by atoms with Gasteiger partial charge in [-0.3, -0.25) is 9.69 Å². The number of likely N-dealkylation sites (tertiary alicyclic amines) is 1. The molecule has 1 fully saturated rings. The predicted molar refractivity (Wildman–Crippen MR) is 122 cm³/mol. The monoisotopic (exact) mass is 446 g/mol. The maximum Gasteiger partial charge on any atom is 0.234 e. The van der Waals surface area contributed by atoms with Crippen LogP contribution in [0.1, 0.15) is 24.0 Å². The molecule has 0 spiro atoms. The van der Waals surface area contributed by atoms with Gasteiger partial charge in [-0.1, -0.05) is 29.8 Å². The zero-order chi connectivity index (χ0) is 22.3. The topological polar surface area (TPSA) is 71.0 Å². The van der Waals surface area contributed by atoms with Crippen LogP contribution in [-0.2, 0) is 4.79 Å². The molecule has 2 aromatic carbocycles. The molecule has 6 nitrogen and oxygen atoms in total. The molecule has 1 aliphatic heterocycles. The molecule has 0 saturated carbocycles. The summed E-state index contributed by atoms with van der Waals surface area (Å²) in [5, 5.41) is 14.5. The molecule has 168 valence electrons. The molecule has 0 atom stereocenters. The van der Waals surface area contributed by atoms with Crippen LogP contribution in [0.15, 0.2) is 42.5 Å². The normalized spacial score (nSPS) is 16.0. The third kappa shape index (κ3) is 7.13. The van der Waals surface area contributed by atoms with E-state index in [4.69, 9.17) is 21.1 Å². The number of ether oxygens (including phenoxy) is 2. The summed E-state index contributed by atoms with van der Waals surface area (Å²) in [6.45, 7) is 6.60. The zero-order valence-electron chi connectivity index (χ0n) is 18.2. The van der Waals surface area contributed by atoms with Gasteiger partial charge in [0.15, 0.2) is 0 Å². The van der Waals surface area contributed by atoms with Gasteiger partial charge in [0.25, 0.3) is 0 Å². The van der Waals surface area contributed by atoms with Gasteiger partial charge in [-0.25, -0.2) is 0 Å². The summed E-state index contributed by atoms with van der Waals surface area (Å²) in [6, 6.07) is 13.3. The van der Waals surface area contributed by atoms with Gasteiger partial charge in [0, 0.05) is 18.1 Å². The van der Waals surface area contributed by atoms with Crippen molar-refractivity contribution in [2.45, 2.75) is 32.3 Å². The highest BCUT2D eigenvalue weighted by molar-refractivity contribution is 6.32. The molecule has 3 rings (SSSR count). The minimum Gasteiger partial charge on any atom is -0.492 e. The fourth-order valence-corrected chi connectivity index (χ4v) is 3.72. The molecule has 1 saturated heterocycles. The Bertz CT molecular complexity index is 844. The Hall–Kier alpha value is -2.28. The van der Waals surface area contributed by atoms with Gasteiger partial charge in [-0.15, -0.1) is 0 Å². The van der Waals surface area contributed by atoms with E-state index in [9.17, 15) is 9.90 Å². The number of aryl methyl sites for hydroxylation is 2. The summed E-state index contributed by atoms with van der Waals surface area (Å²) in [5.74, 6) is 1.47. The largest absolute Gasteiger partial charge is 0.492 e. The molecule has 7 heteroatoms. The molecule has 0 aromatic heterocycles. The molecule has 2 N–H and O–H groups in total. The van der Waals surface area contributed by atoms with Gasteiger partial charge in [-0.05, 0) is 62.1 Å². The first-order chi connectivity index (χ1) is 14.8. The van der Waals surface area contributed by atoms with Gasteiger partial charge in [-0.2, -0.15) is 0 Å². The second-order valence-corrected chi connectivity index (χ2v) is 8.55. The average Bonchev–Trinajstić information content (AvgIpc) is 2.76. The van der Waals surface area contributed by atoms with Crippen LogP contribution in [0.25, 0.3) is 0 Å². The van der Waals surface area contributed by atoms with E-state index in [1.807, 2.05) is 56.3 Å². The van der Waals surface area contributed by atoms with Crippen LogP contribution in [0, 0.1) is 13.8 Å². The Labute approximate surface area is 189 Å². The first kappa shape index (κ1) is 23.4. The third-order valence-corrected chi connectivity index (χ3v) is 6.10. The third-order valence-electron chi connectivity index (χ3n) is 5.51. The van der Waals surface area contributed by atoms with Gasteiger partial charge < -0.3 is 19.9 Å². The molecule has 1 heterocycles. The lowest BCUT2D eigenvalue weighted by atomic mass is 9.92. The van der Waals surface area contributed by atoms with E-state index in [-0.39, 0.29) is 12.5 Å². The number of aliphatic hydroxyl groups is 1. The van der Waals surface area contributed by atoms with Gasteiger partial charge >= 0.3 is 0 Å². The Balaban J connectivity index is 1.35. The van der Waals surface area contributed by atoms with Crippen LogP contribution in [0.3, 0.4) is 0 Å². The fourth-order valence-electron chi connectivity index (χ4n) is 3.61. The first-order valence-corrected chi connectivity index (χ1v) is 11.0. The number of hydrogen-bond acceptors (Lipinski definition) is 5. The maximum absolute atomic E-state index is 12.2. The molecule has 1 amide bonds. The van der Waals surface area contributed by atoms with Crippen molar-refractivity contribution in [2.24, 2.45) is 0 Å². The lowest BCUT2D eigenvalue weighted by Gasteiger charge is -2.37. The molecule has 0 unspecified atom stereocenters. The van der Waals surface area contributed by atoms with Crippen molar-refractivity contribution in [3.63, 3.8) is 0 Å². The Morgan fingerprint density at radius 1 is 1.10 bits per heavy atom. The smallest absolute Gasteiger partial charge is 0.234 e. The molecule has 31 heavy (non-hydrogen) atoms. The van der Waals surface area contributed by atoms with Crippen LogP contribution in [-0.4, -0.2) is 60.9 Å². The fraction of sp³-hybridized carbons (Fsp3) is 0.458. The van der Waals surface area contributed by atoms with Crippen LogP contribution < -0.4 is 14.8 Å². The molecule has 1 aliphatic rings.